The molecule has 1 fully saturated rings. The first kappa shape index (κ1) is 21.8. The van der Waals surface area contributed by atoms with Gasteiger partial charge in [-0.25, -0.2) is 4.79 Å². The number of thiophene rings is 1. The van der Waals surface area contributed by atoms with E-state index in [1.54, 1.807) is 12.1 Å². The summed E-state index contributed by atoms with van der Waals surface area (Å²) < 4.78 is 0. The summed E-state index contributed by atoms with van der Waals surface area (Å²) in [6.07, 6.45) is 0.101. The van der Waals surface area contributed by atoms with Crippen molar-refractivity contribution < 1.29 is 14.4 Å². The number of nitrogens with zero attached hydrogens (tertiary/aromatic N) is 2. The summed E-state index contributed by atoms with van der Waals surface area (Å²) >= 11 is 1.46. The number of piperazine rings is 1. The number of carbonyl (C=O) groups is 3. The topological polar surface area (TPSA) is 108 Å². The third kappa shape index (κ3) is 6.04. The Morgan fingerprint density at radius 2 is 1.80 bits per heavy atom. The molecule has 0 spiro atoms. The van der Waals surface area contributed by atoms with Gasteiger partial charge in [-0.15, -0.1) is 11.3 Å². The first-order valence-corrected chi connectivity index (χ1v) is 10.7. The summed E-state index contributed by atoms with van der Waals surface area (Å²) in [6, 6.07) is 9.89. The Labute approximate surface area is 180 Å². The van der Waals surface area contributed by atoms with E-state index in [0.29, 0.717) is 12.1 Å². The van der Waals surface area contributed by atoms with Crippen molar-refractivity contribution in [2.75, 3.05) is 33.2 Å². The number of rotatable bonds is 7. The first-order chi connectivity index (χ1) is 14.4. The van der Waals surface area contributed by atoms with Gasteiger partial charge in [0.15, 0.2) is 0 Å². The molecule has 0 aliphatic carbocycles. The van der Waals surface area contributed by atoms with Gasteiger partial charge in [0.25, 0.3) is 5.91 Å². The minimum atomic E-state index is -0.665. The maximum Gasteiger partial charge on any atom is 0.312 e. The average molecular weight is 430 g/mol. The maximum atomic E-state index is 12.6. The van der Waals surface area contributed by atoms with Gasteiger partial charge < -0.3 is 26.2 Å². The van der Waals surface area contributed by atoms with Gasteiger partial charge in [0.2, 0.25) is 5.91 Å². The van der Waals surface area contributed by atoms with E-state index in [1.807, 2.05) is 34.5 Å². The smallest absolute Gasteiger partial charge is 0.312 e. The lowest BCUT2D eigenvalue weighted by atomic mass is 10.1. The molecule has 2 aromatic rings. The van der Waals surface area contributed by atoms with Gasteiger partial charge in [-0.05, 0) is 36.2 Å². The van der Waals surface area contributed by atoms with Crippen molar-refractivity contribution in [2.45, 2.75) is 19.0 Å². The van der Waals surface area contributed by atoms with Gasteiger partial charge in [0.05, 0.1) is 12.5 Å². The van der Waals surface area contributed by atoms with Crippen LogP contribution in [0, 0.1) is 0 Å². The summed E-state index contributed by atoms with van der Waals surface area (Å²) in [5.41, 5.74) is 6.78. The highest BCUT2D eigenvalue weighted by molar-refractivity contribution is 7.10. The predicted molar refractivity (Wildman–Crippen MR) is 116 cm³/mol. The molecule has 1 atom stereocenters. The molecule has 1 aromatic carbocycles. The van der Waals surface area contributed by atoms with Crippen LogP contribution in [0.3, 0.4) is 0 Å². The van der Waals surface area contributed by atoms with Gasteiger partial charge in [-0.3, -0.25) is 9.59 Å². The quantitative estimate of drug-likeness (QED) is 0.621. The Kier molecular flexibility index (Phi) is 7.42. The van der Waals surface area contributed by atoms with Gasteiger partial charge in [-0.2, -0.15) is 0 Å². The third-order valence-corrected chi connectivity index (χ3v) is 6.06. The molecule has 4 amide bonds. The monoisotopic (exact) mass is 429 g/mol. The fraction of sp³-hybridized carbons (Fsp3) is 0.381. The van der Waals surface area contributed by atoms with Crippen LogP contribution in [-0.4, -0.2) is 60.9 Å². The number of nitrogens with two attached hydrogens (primary N) is 1. The van der Waals surface area contributed by atoms with Crippen LogP contribution in [0.2, 0.25) is 0 Å². The lowest BCUT2D eigenvalue weighted by molar-refractivity contribution is -0.121. The molecule has 1 unspecified atom stereocenters. The molecule has 1 aliphatic heterocycles. The molecule has 9 heteroatoms. The van der Waals surface area contributed by atoms with Crippen molar-refractivity contribution in [1.29, 1.82) is 0 Å². The van der Waals surface area contributed by atoms with E-state index in [9.17, 15) is 14.4 Å². The van der Waals surface area contributed by atoms with E-state index in [2.05, 4.69) is 22.6 Å². The molecule has 4 N–H and O–H groups in total. The zero-order valence-electron chi connectivity index (χ0n) is 17.0. The summed E-state index contributed by atoms with van der Waals surface area (Å²) in [4.78, 5) is 41.1. The van der Waals surface area contributed by atoms with Gasteiger partial charge >= 0.3 is 6.03 Å². The number of benzene rings is 1. The lowest BCUT2D eigenvalue weighted by Gasteiger charge is -2.32. The second-order valence-electron chi connectivity index (χ2n) is 7.35. The number of amides is 4. The Hall–Kier alpha value is -2.91. The average Bonchev–Trinajstić information content (AvgIpc) is 3.27. The van der Waals surface area contributed by atoms with Crippen LogP contribution in [0.5, 0.6) is 0 Å². The van der Waals surface area contributed by atoms with Gasteiger partial charge in [0.1, 0.15) is 0 Å². The first-order valence-electron chi connectivity index (χ1n) is 9.85. The largest absolute Gasteiger partial charge is 0.352 e. The highest BCUT2D eigenvalue weighted by atomic mass is 32.1. The summed E-state index contributed by atoms with van der Waals surface area (Å²) in [6.45, 7) is 3.57. The normalized spacial score (nSPS) is 15.4. The van der Waals surface area contributed by atoms with Gasteiger partial charge in [-0.1, -0.05) is 18.2 Å². The standard InChI is InChI=1S/C21H27N5O3S/c1-25-8-10-26(11-9-25)20(28)16-6-4-15(5-7-16)14-23-19(27)13-17(24-21(22)29)18-3-2-12-30-18/h2-7,12,17H,8-11,13-14H2,1H3,(H,23,27)(H3,22,24,29). The molecular weight excluding hydrogens is 402 g/mol. The van der Waals surface area contributed by atoms with Crippen molar-refractivity contribution in [1.82, 2.24) is 20.4 Å². The van der Waals surface area contributed by atoms with E-state index in [0.717, 1.165) is 36.6 Å². The second kappa shape index (κ2) is 10.2. The number of hydrogen-bond acceptors (Lipinski definition) is 5. The van der Waals surface area contributed by atoms with Crippen LogP contribution < -0.4 is 16.4 Å². The third-order valence-electron chi connectivity index (χ3n) is 5.07. The Bertz CT molecular complexity index is 861. The maximum absolute atomic E-state index is 12.6. The van der Waals surface area contributed by atoms with Crippen LogP contribution >= 0.6 is 11.3 Å². The number of hydrogen-bond donors (Lipinski definition) is 3. The van der Waals surface area contributed by atoms with E-state index >= 15 is 0 Å². The number of urea groups is 1. The molecule has 1 aromatic heterocycles. The molecule has 0 bridgehead atoms. The van der Waals surface area contributed by atoms with Gasteiger partial charge in [0, 0.05) is 43.2 Å². The molecule has 0 radical (unpaired) electrons. The van der Waals surface area contributed by atoms with Crippen LogP contribution in [0.15, 0.2) is 41.8 Å². The fourth-order valence-electron chi connectivity index (χ4n) is 3.30. The van der Waals surface area contributed by atoms with Crippen LogP contribution in [0.4, 0.5) is 4.79 Å². The molecule has 3 rings (SSSR count). The fourth-order valence-corrected chi connectivity index (χ4v) is 4.08. The minimum absolute atomic E-state index is 0.0370. The highest BCUT2D eigenvalue weighted by Gasteiger charge is 2.20. The zero-order chi connectivity index (χ0) is 21.5. The minimum Gasteiger partial charge on any atom is -0.352 e. The molecule has 2 heterocycles. The zero-order valence-corrected chi connectivity index (χ0v) is 17.8. The predicted octanol–water partition coefficient (Wildman–Crippen LogP) is 1.55. The molecule has 30 heavy (non-hydrogen) atoms. The number of likely N-dealkylation sites (N-methyl/N-ethyl adjacent to an activating group) is 1. The van der Waals surface area contributed by atoms with E-state index in [1.165, 1.54) is 11.3 Å². The summed E-state index contributed by atoms with van der Waals surface area (Å²) in [7, 11) is 2.05. The van der Waals surface area contributed by atoms with Crippen molar-refractivity contribution in [2.24, 2.45) is 5.73 Å². The highest BCUT2D eigenvalue weighted by Crippen LogP contribution is 2.22. The van der Waals surface area contributed by atoms with Crippen LogP contribution in [0.25, 0.3) is 0 Å². The van der Waals surface area contributed by atoms with Crippen molar-refractivity contribution >= 4 is 29.2 Å². The Balaban J connectivity index is 1.51. The van der Waals surface area contributed by atoms with E-state index in [4.69, 9.17) is 5.73 Å². The number of carbonyl (C=O) groups excluding carboxylic acids is 3. The number of nitrogens with one attached hydrogen (secondary N) is 2. The Morgan fingerprint density at radius 1 is 1.10 bits per heavy atom. The molecule has 160 valence electrons. The van der Waals surface area contributed by atoms with Crippen molar-refractivity contribution in [3.63, 3.8) is 0 Å². The summed E-state index contributed by atoms with van der Waals surface area (Å²) in [5, 5.41) is 7.35. The number of primary amides is 1. The summed E-state index contributed by atoms with van der Waals surface area (Å²) in [5.74, 6) is -0.158. The molecule has 0 saturated carbocycles. The van der Waals surface area contributed by atoms with Crippen molar-refractivity contribution in [3.8, 4) is 0 Å². The van der Waals surface area contributed by atoms with E-state index < -0.39 is 12.1 Å². The lowest BCUT2D eigenvalue weighted by Crippen LogP contribution is -2.47. The SMILES string of the molecule is CN1CCN(C(=O)c2ccc(CNC(=O)CC(NC(N)=O)c3cccs3)cc2)CC1. The second-order valence-corrected chi connectivity index (χ2v) is 8.33. The van der Waals surface area contributed by atoms with Crippen LogP contribution in [0.1, 0.15) is 33.3 Å². The Morgan fingerprint density at radius 3 is 2.40 bits per heavy atom. The molecule has 1 saturated heterocycles. The molecule has 1 aliphatic rings. The molecular formula is C21H27N5O3S. The molecule has 8 nitrogen and oxygen atoms in total. The van der Waals surface area contributed by atoms with Crippen molar-refractivity contribution in [3.05, 3.63) is 57.8 Å². The van der Waals surface area contributed by atoms with Crippen LogP contribution in [-0.2, 0) is 11.3 Å². The van der Waals surface area contributed by atoms with E-state index in [-0.39, 0.29) is 18.2 Å².